The van der Waals surface area contributed by atoms with Crippen molar-refractivity contribution >= 4 is 17.8 Å². The van der Waals surface area contributed by atoms with Crippen molar-refractivity contribution in [3.8, 4) is 0 Å². The zero-order valence-electron chi connectivity index (χ0n) is 14.6. The summed E-state index contributed by atoms with van der Waals surface area (Å²) < 4.78 is 0. The lowest BCUT2D eigenvalue weighted by Crippen LogP contribution is -2.49. The van der Waals surface area contributed by atoms with Crippen LogP contribution in [0.1, 0.15) is 36.5 Å². The predicted octanol–water partition coefficient (Wildman–Crippen LogP) is 1.12. The number of hydrogen-bond donors (Lipinski definition) is 3. The SMILES string of the molecule is CCCNC(=O)NC(=O)CN1CCC(NC(=O)c2ccccc2)CC1. The monoisotopic (exact) mass is 346 g/mol. The van der Waals surface area contributed by atoms with Crippen molar-refractivity contribution < 1.29 is 14.4 Å². The van der Waals surface area contributed by atoms with Gasteiger partial charge in [0.2, 0.25) is 5.91 Å². The molecule has 1 fully saturated rings. The van der Waals surface area contributed by atoms with Crippen LogP contribution in [0.3, 0.4) is 0 Å². The first-order valence-corrected chi connectivity index (χ1v) is 8.74. The van der Waals surface area contributed by atoms with Gasteiger partial charge in [-0.3, -0.25) is 19.8 Å². The predicted molar refractivity (Wildman–Crippen MR) is 95.2 cm³/mol. The van der Waals surface area contributed by atoms with Gasteiger partial charge >= 0.3 is 6.03 Å². The molecule has 0 unspecified atom stereocenters. The molecule has 136 valence electrons. The van der Waals surface area contributed by atoms with Crippen LogP contribution >= 0.6 is 0 Å². The van der Waals surface area contributed by atoms with Crippen LogP contribution in [0.15, 0.2) is 30.3 Å². The van der Waals surface area contributed by atoms with Gasteiger partial charge in [0.15, 0.2) is 0 Å². The quantitative estimate of drug-likeness (QED) is 0.720. The normalized spacial score (nSPS) is 15.4. The number of hydrogen-bond acceptors (Lipinski definition) is 4. The highest BCUT2D eigenvalue weighted by Gasteiger charge is 2.22. The average molecular weight is 346 g/mol. The Balaban J connectivity index is 1.68. The number of amides is 4. The molecule has 0 bridgehead atoms. The summed E-state index contributed by atoms with van der Waals surface area (Å²) in [5.41, 5.74) is 0.655. The summed E-state index contributed by atoms with van der Waals surface area (Å²) in [6, 6.07) is 8.80. The van der Waals surface area contributed by atoms with Gasteiger partial charge in [0.25, 0.3) is 5.91 Å². The number of imide groups is 1. The Labute approximate surface area is 148 Å². The number of piperidine rings is 1. The third-order valence-corrected chi connectivity index (χ3v) is 4.11. The van der Waals surface area contributed by atoms with Crippen molar-refractivity contribution in [1.82, 2.24) is 20.9 Å². The molecule has 0 atom stereocenters. The van der Waals surface area contributed by atoms with Gasteiger partial charge in [0, 0.05) is 31.2 Å². The second-order valence-corrected chi connectivity index (χ2v) is 6.19. The van der Waals surface area contributed by atoms with E-state index in [4.69, 9.17) is 0 Å². The second kappa shape index (κ2) is 9.78. The fraction of sp³-hybridized carbons (Fsp3) is 0.500. The van der Waals surface area contributed by atoms with E-state index in [1.54, 1.807) is 12.1 Å². The van der Waals surface area contributed by atoms with Crippen molar-refractivity contribution in [2.45, 2.75) is 32.2 Å². The molecule has 0 saturated carbocycles. The summed E-state index contributed by atoms with van der Waals surface area (Å²) in [5, 5.41) is 7.97. The lowest BCUT2D eigenvalue weighted by Gasteiger charge is -2.31. The number of urea groups is 1. The highest BCUT2D eigenvalue weighted by atomic mass is 16.2. The molecule has 0 spiro atoms. The van der Waals surface area contributed by atoms with Gasteiger partial charge in [-0.15, -0.1) is 0 Å². The van der Waals surface area contributed by atoms with Crippen LogP contribution in [0.25, 0.3) is 0 Å². The molecule has 1 aliphatic rings. The van der Waals surface area contributed by atoms with Gasteiger partial charge in [-0.25, -0.2) is 4.79 Å². The molecular formula is C18H26N4O3. The first-order chi connectivity index (χ1) is 12.1. The van der Waals surface area contributed by atoms with Gasteiger partial charge in [0.05, 0.1) is 6.54 Å². The Morgan fingerprint density at radius 2 is 1.80 bits per heavy atom. The van der Waals surface area contributed by atoms with Crippen molar-refractivity contribution in [3.63, 3.8) is 0 Å². The summed E-state index contributed by atoms with van der Waals surface area (Å²) in [7, 11) is 0. The molecule has 25 heavy (non-hydrogen) atoms. The third-order valence-electron chi connectivity index (χ3n) is 4.11. The molecule has 4 amide bonds. The molecule has 1 aromatic carbocycles. The number of nitrogens with zero attached hydrogens (tertiary/aromatic N) is 1. The zero-order valence-corrected chi connectivity index (χ0v) is 14.6. The van der Waals surface area contributed by atoms with E-state index in [0.29, 0.717) is 25.2 Å². The van der Waals surface area contributed by atoms with Gasteiger partial charge in [-0.05, 0) is 31.4 Å². The highest BCUT2D eigenvalue weighted by Crippen LogP contribution is 2.11. The van der Waals surface area contributed by atoms with E-state index in [-0.39, 0.29) is 24.4 Å². The molecule has 0 aliphatic carbocycles. The van der Waals surface area contributed by atoms with E-state index in [1.807, 2.05) is 30.0 Å². The molecule has 7 nitrogen and oxygen atoms in total. The first kappa shape index (κ1) is 18.9. The topological polar surface area (TPSA) is 90.5 Å². The van der Waals surface area contributed by atoms with E-state index in [1.165, 1.54) is 0 Å². The highest BCUT2D eigenvalue weighted by molar-refractivity contribution is 5.95. The van der Waals surface area contributed by atoms with Gasteiger partial charge in [-0.2, -0.15) is 0 Å². The fourth-order valence-corrected chi connectivity index (χ4v) is 2.75. The molecule has 1 saturated heterocycles. The summed E-state index contributed by atoms with van der Waals surface area (Å²) in [6.07, 6.45) is 2.39. The summed E-state index contributed by atoms with van der Waals surface area (Å²) in [5.74, 6) is -0.371. The molecule has 1 heterocycles. The summed E-state index contributed by atoms with van der Waals surface area (Å²) in [6.45, 7) is 4.11. The van der Waals surface area contributed by atoms with Crippen molar-refractivity contribution in [2.75, 3.05) is 26.2 Å². The Bertz CT molecular complexity index is 583. The molecule has 1 aromatic rings. The minimum absolute atomic E-state index is 0.0654. The fourth-order valence-electron chi connectivity index (χ4n) is 2.75. The van der Waals surface area contributed by atoms with Gasteiger partial charge in [-0.1, -0.05) is 25.1 Å². The maximum absolute atomic E-state index is 12.1. The molecular weight excluding hydrogens is 320 g/mol. The molecule has 2 rings (SSSR count). The van der Waals surface area contributed by atoms with E-state index >= 15 is 0 Å². The summed E-state index contributed by atoms with van der Waals surface area (Å²) in [4.78, 5) is 37.4. The lowest BCUT2D eigenvalue weighted by molar-refractivity contribution is -0.121. The smallest absolute Gasteiger partial charge is 0.321 e. The van der Waals surface area contributed by atoms with Crippen molar-refractivity contribution in [1.29, 1.82) is 0 Å². The van der Waals surface area contributed by atoms with Gasteiger partial charge < -0.3 is 10.6 Å². The molecule has 0 aromatic heterocycles. The summed E-state index contributed by atoms with van der Waals surface area (Å²) >= 11 is 0. The van der Waals surface area contributed by atoms with Crippen molar-refractivity contribution in [3.05, 3.63) is 35.9 Å². The molecule has 3 N–H and O–H groups in total. The van der Waals surface area contributed by atoms with E-state index in [9.17, 15) is 14.4 Å². The van der Waals surface area contributed by atoms with Crippen molar-refractivity contribution in [2.24, 2.45) is 0 Å². The van der Waals surface area contributed by atoms with Crippen LogP contribution < -0.4 is 16.0 Å². The van der Waals surface area contributed by atoms with E-state index in [2.05, 4.69) is 16.0 Å². The molecule has 0 radical (unpaired) electrons. The lowest BCUT2D eigenvalue weighted by atomic mass is 10.0. The number of nitrogens with one attached hydrogen (secondary N) is 3. The maximum Gasteiger partial charge on any atom is 0.321 e. The number of carbonyl (C=O) groups is 3. The Morgan fingerprint density at radius 1 is 1.12 bits per heavy atom. The molecule has 7 heteroatoms. The van der Waals surface area contributed by atoms with Gasteiger partial charge in [0.1, 0.15) is 0 Å². The molecule has 1 aliphatic heterocycles. The number of carbonyl (C=O) groups excluding carboxylic acids is 3. The van der Waals surface area contributed by atoms with E-state index < -0.39 is 6.03 Å². The number of benzene rings is 1. The average Bonchev–Trinajstić information content (AvgIpc) is 2.62. The van der Waals surface area contributed by atoms with Crippen LogP contribution in [0.4, 0.5) is 4.79 Å². The van der Waals surface area contributed by atoms with Crippen LogP contribution in [0.5, 0.6) is 0 Å². The van der Waals surface area contributed by atoms with Crippen LogP contribution in [0, 0.1) is 0 Å². The third kappa shape index (κ3) is 6.54. The van der Waals surface area contributed by atoms with Crippen LogP contribution in [-0.4, -0.2) is 55.0 Å². The Hall–Kier alpha value is -2.41. The largest absolute Gasteiger partial charge is 0.349 e. The number of rotatable bonds is 6. The maximum atomic E-state index is 12.1. The van der Waals surface area contributed by atoms with Crippen LogP contribution in [-0.2, 0) is 4.79 Å². The second-order valence-electron chi connectivity index (χ2n) is 6.19. The van der Waals surface area contributed by atoms with Crippen LogP contribution in [0.2, 0.25) is 0 Å². The zero-order chi connectivity index (χ0) is 18.1. The number of likely N-dealkylation sites (tertiary alicyclic amines) is 1. The minimum Gasteiger partial charge on any atom is -0.349 e. The first-order valence-electron chi connectivity index (χ1n) is 8.74. The van der Waals surface area contributed by atoms with E-state index in [0.717, 1.165) is 19.3 Å². The Kier molecular flexibility index (Phi) is 7.40. The standard InChI is InChI=1S/C18H26N4O3/c1-2-10-19-18(25)21-16(23)13-22-11-8-15(9-12-22)20-17(24)14-6-4-3-5-7-14/h3-7,15H,2,8-13H2,1H3,(H,20,24)(H2,19,21,23,25). The Morgan fingerprint density at radius 3 is 2.44 bits per heavy atom. The minimum atomic E-state index is -0.447.